The maximum absolute atomic E-state index is 13.0. The lowest BCUT2D eigenvalue weighted by molar-refractivity contribution is 0.0983. The molecule has 0 spiro atoms. The number of halogens is 1. The molecule has 1 amide bonds. The van der Waals surface area contributed by atoms with Gasteiger partial charge in [-0.05, 0) is 49.4 Å². The molecule has 1 heterocycles. The molecular formula is C18H16ClNO3S. The van der Waals surface area contributed by atoms with Crippen molar-refractivity contribution >= 4 is 33.0 Å². The first-order valence-corrected chi connectivity index (χ1v) is 9.52. The molecule has 0 aliphatic carbocycles. The zero-order valence-corrected chi connectivity index (χ0v) is 14.6. The van der Waals surface area contributed by atoms with Gasteiger partial charge >= 0.3 is 0 Å². The molecule has 0 bridgehead atoms. The van der Waals surface area contributed by atoms with Gasteiger partial charge in [-0.15, -0.1) is 0 Å². The van der Waals surface area contributed by atoms with Crippen molar-refractivity contribution in [2.45, 2.75) is 13.0 Å². The molecule has 1 atom stereocenters. The van der Waals surface area contributed by atoms with Crippen molar-refractivity contribution in [2.24, 2.45) is 0 Å². The highest BCUT2D eigenvalue weighted by Crippen LogP contribution is 2.26. The van der Waals surface area contributed by atoms with Crippen LogP contribution in [0.2, 0.25) is 5.02 Å². The second-order valence-corrected chi connectivity index (χ2v) is 8.11. The van der Waals surface area contributed by atoms with E-state index in [2.05, 4.69) is 0 Å². The molecule has 6 heteroatoms. The smallest absolute Gasteiger partial charge is 0.258 e. The van der Waals surface area contributed by atoms with Crippen LogP contribution in [0, 0.1) is 6.92 Å². The van der Waals surface area contributed by atoms with Gasteiger partial charge in [0, 0.05) is 21.7 Å². The molecule has 2 aromatic rings. The Hall–Kier alpha value is -2.11. The van der Waals surface area contributed by atoms with E-state index in [1.54, 1.807) is 42.5 Å². The first-order valence-electron chi connectivity index (χ1n) is 7.42. The first-order chi connectivity index (χ1) is 11.4. The highest BCUT2D eigenvalue weighted by molar-refractivity contribution is 7.94. The van der Waals surface area contributed by atoms with Gasteiger partial charge in [0.25, 0.3) is 5.91 Å². The van der Waals surface area contributed by atoms with Gasteiger partial charge in [-0.25, -0.2) is 8.42 Å². The summed E-state index contributed by atoms with van der Waals surface area (Å²) in [6, 6.07) is 13.5. The lowest BCUT2D eigenvalue weighted by atomic mass is 10.1. The molecule has 0 radical (unpaired) electrons. The number of rotatable bonds is 3. The van der Waals surface area contributed by atoms with Crippen LogP contribution in [0.4, 0.5) is 5.69 Å². The van der Waals surface area contributed by atoms with Gasteiger partial charge in [-0.2, -0.15) is 0 Å². The number of sulfone groups is 1. The second kappa shape index (κ2) is 6.42. The summed E-state index contributed by atoms with van der Waals surface area (Å²) in [5, 5.41) is 1.72. The number of amides is 1. The Kier molecular flexibility index (Phi) is 4.47. The fraction of sp³-hybridized carbons (Fsp3) is 0.167. The molecule has 0 aromatic heterocycles. The van der Waals surface area contributed by atoms with Crippen LogP contribution in [0.5, 0.6) is 0 Å². The number of carbonyl (C=O) groups is 1. The molecule has 0 saturated carbocycles. The number of aryl methyl sites for hydroxylation is 1. The van der Waals surface area contributed by atoms with Crippen molar-refractivity contribution in [3.63, 3.8) is 0 Å². The van der Waals surface area contributed by atoms with E-state index in [1.165, 1.54) is 10.3 Å². The first kappa shape index (κ1) is 16.7. The zero-order valence-electron chi connectivity index (χ0n) is 13.0. The third kappa shape index (κ3) is 3.52. The van der Waals surface area contributed by atoms with Crippen molar-refractivity contribution in [3.05, 3.63) is 76.2 Å². The highest BCUT2D eigenvalue weighted by Gasteiger charge is 2.32. The van der Waals surface area contributed by atoms with E-state index in [4.69, 9.17) is 11.6 Å². The molecule has 0 fully saturated rings. The minimum Gasteiger partial charge on any atom is -0.300 e. The molecule has 1 aliphatic heterocycles. The Bertz CT molecular complexity index is 904. The van der Waals surface area contributed by atoms with Gasteiger partial charge in [-0.3, -0.25) is 4.79 Å². The van der Waals surface area contributed by atoms with Gasteiger partial charge in [0.05, 0.1) is 11.8 Å². The average Bonchev–Trinajstić information content (AvgIpc) is 2.89. The van der Waals surface area contributed by atoms with E-state index in [-0.39, 0.29) is 11.7 Å². The Morgan fingerprint density at radius 2 is 1.88 bits per heavy atom. The summed E-state index contributed by atoms with van der Waals surface area (Å²) in [7, 11) is -3.28. The largest absolute Gasteiger partial charge is 0.300 e. The maximum Gasteiger partial charge on any atom is 0.258 e. The van der Waals surface area contributed by atoms with Crippen molar-refractivity contribution in [3.8, 4) is 0 Å². The normalized spacial score (nSPS) is 18.5. The molecule has 1 aliphatic rings. The van der Waals surface area contributed by atoms with Crippen LogP contribution in [-0.2, 0) is 9.84 Å². The zero-order chi connectivity index (χ0) is 17.3. The topological polar surface area (TPSA) is 54.5 Å². The number of benzene rings is 2. The monoisotopic (exact) mass is 361 g/mol. The summed E-state index contributed by atoms with van der Waals surface area (Å²) in [6.45, 7) is 1.91. The molecule has 0 saturated heterocycles. The van der Waals surface area contributed by atoms with Gasteiger partial charge in [-0.1, -0.05) is 29.3 Å². The summed E-state index contributed by atoms with van der Waals surface area (Å²) in [6.07, 6.45) is 1.55. The molecule has 4 nitrogen and oxygen atoms in total. The van der Waals surface area contributed by atoms with Crippen molar-refractivity contribution in [1.82, 2.24) is 0 Å². The van der Waals surface area contributed by atoms with Crippen molar-refractivity contribution < 1.29 is 13.2 Å². The Balaban J connectivity index is 2.03. The quantitative estimate of drug-likeness (QED) is 0.839. The third-order valence-electron chi connectivity index (χ3n) is 3.83. The molecule has 3 rings (SSSR count). The second-order valence-electron chi connectivity index (χ2n) is 5.75. The predicted octanol–water partition coefficient (Wildman–Crippen LogP) is 3.61. The predicted molar refractivity (Wildman–Crippen MR) is 96.2 cm³/mol. The minimum absolute atomic E-state index is 0.118. The molecule has 2 aromatic carbocycles. The van der Waals surface area contributed by atoms with Crippen LogP contribution >= 0.6 is 11.6 Å². The fourth-order valence-corrected chi connectivity index (χ4v) is 4.09. The highest BCUT2D eigenvalue weighted by atomic mass is 35.5. The summed E-state index contributed by atoms with van der Waals surface area (Å²) >= 11 is 5.93. The van der Waals surface area contributed by atoms with E-state index in [1.807, 2.05) is 19.1 Å². The van der Waals surface area contributed by atoms with Gasteiger partial charge in [0.2, 0.25) is 0 Å². The Labute approximate surface area is 146 Å². The van der Waals surface area contributed by atoms with E-state index < -0.39 is 15.9 Å². The number of anilines is 1. The number of hydrogen-bond donors (Lipinski definition) is 0. The van der Waals surface area contributed by atoms with Crippen molar-refractivity contribution in [1.29, 1.82) is 0 Å². The molecular weight excluding hydrogens is 346 g/mol. The van der Waals surface area contributed by atoms with Crippen LogP contribution < -0.4 is 4.90 Å². The van der Waals surface area contributed by atoms with E-state index in [0.29, 0.717) is 16.3 Å². The van der Waals surface area contributed by atoms with Crippen molar-refractivity contribution in [2.75, 3.05) is 10.7 Å². The number of carbonyl (C=O) groups excluding carboxylic acids is 1. The van der Waals surface area contributed by atoms with Crippen LogP contribution in [0.15, 0.2) is 60.0 Å². The summed E-state index contributed by atoms with van der Waals surface area (Å²) in [5.74, 6) is -0.361. The third-order valence-corrected chi connectivity index (χ3v) is 5.46. The minimum atomic E-state index is -3.28. The molecule has 24 heavy (non-hydrogen) atoms. The van der Waals surface area contributed by atoms with Crippen LogP contribution in [-0.4, -0.2) is 26.1 Å². The Morgan fingerprint density at radius 3 is 2.46 bits per heavy atom. The van der Waals surface area contributed by atoms with Crippen LogP contribution in [0.25, 0.3) is 0 Å². The van der Waals surface area contributed by atoms with Gasteiger partial charge in [0.15, 0.2) is 9.84 Å². The van der Waals surface area contributed by atoms with Crippen LogP contribution in [0.1, 0.15) is 15.9 Å². The molecule has 0 unspecified atom stereocenters. The number of nitrogens with zero attached hydrogens (tertiary/aromatic N) is 1. The lowest BCUT2D eigenvalue weighted by Gasteiger charge is -2.28. The summed E-state index contributed by atoms with van der Waals surface area (Å²) in [4.78, 5) is 14.6. The average molecular weight is 362 g/mol. The van der Waals surface area contributed by atoms with Gasteiger partial charge < -0.3 is 4.90 Å². The molecule has 0 N–H and O–H groups in total. The summed E-state index contributed by atoms with van der Waals surface area (Å²) < 4.78 is 23.6. The van der Waals surface area contributed by atoms with E-state index >= 15 is 0 Å². The SMILES string of the molecule is Cc1cccc(C(=O)N(c2ccc(Cl)cc2)[C@@H]2C=CS(=O)(=O)C2)c1. The van der Waals surface area contributed by atoms with Gasteiger partial charge in [0.1, 0.15) is 0 Å². The number of hydrogen-bond acceptors (Lipinski definition) is 3. The lowest BCUT2D eigenvalue weighted by Crippen LogP contribution is -2.41. The molecule has 124 valence electrons. The van der Waals surface area contributed by atoms with Crippen LogP contribution in [0.3, 0.4) is 0 Å². The standard InChI is InChI=1S/C18H16ClNO3S/c1-13-3-2-4-14(11-13)18(21)20(16-7-5-15(19)6-8-16)17-9-10-24(22,23)12-17/h2-11,17H,12H2,1H3/t17-/m1/s1. The summed E-state index contributed by atoms with van der Waals surface area (Å²) in [5.41, 5.74) is 2.09. The maximum atomic E-state index is 13.0. The Morgan fingerprint density at radius 1 is 1.17 bits per heavy atom. The fourth-order valence-electron chi connectivity index (χ4n) is 2.70. The van der Waals surface area contributed by atoms with E-state index in [0.717, 1.165) is 5.56 Å². The van der Waals surface area contributed by atoms with E-state index in [9.17, 15) is 13.2 Å².